The fourth-order valence-electron chi connectivity index (χ4n) is 3.51. The van der Waals surface area contributed by atoms with Gasteiger partial charge >= 0.3 is 0 Å². The van der Waals surface area contributed by atoms with Crippen LogP contribution < -0.4 is 4.90 Å². The minimum Gasteiger partial charge on any atom is -0.503 e. The number of amides is 1. The number of hydrogen-bond acceptors (Lipinski definition) is 6. The first-order valence-corrected chi connectivity index (χ1v) is 11.4. The number of anilines is 1. The van der Waals surface area contributed by atoms with E-state index >= 15 is 0 Å². The average Bonchev–Trinajstić information content (AvgIpc) is 3.42. The summed E-state index contributed by atoms with van der Waals surface area (Å²) in [6.07, 6.45) is 0. The van der Waals surface area contributed by atoms with Crippen molar-refractivity contribution in [3.05, 3.63) is 79.7 Å². The summed E-state index contributed by atoms with van der Waals surface area (Å²) in [4.78, 5) is 33.8. The molecule has 0 unspecified atom stereocenters. The van der Waals surface area contributed by atoms with Crippen molar-refractivity contribution >= 4 is 39.5 Å². The first-order chi connectivity index (χ1) is 14.3. The van der Waals surface area contributed by atoms with Gasteiger partial charge < -0.3 is 5.11 Å². The van der Waals surface area contributed by atoms with Crippen LogP contribution in [0.2, 0.25) is 0 Å². The molecule has 1 aliphatic heterocycles. The van der Waals surface area contributed by atoms with E-state index in [9.17, 15) is 14.7 Å². The number of ketones is 1. The van der Waals surface area contributed by atoms with E-state index in [1.54, 1.807) is 17.5 Å². The van der Waals surface area contributed by atoms with Crippen molar-refractivity contribution in [1.29, 1.82) is 0 Å². The van der Waals surface area contributed by atoms with E-state index in [1.807, 2.05) is 38.1 Å². The zero-order chi connectivity index (χ0) is 21.6. The molecule has 0 fully saturated rings. The van der Waals surface area contributed by atoms with Crippen molar-refractivity contribution in [2.24, 2.45) is 0 Å². The van der Waals surface area contributed by atoms with Crippen molar-refractivity contribution in [3.8, 4) is 0 Å². The van der Waals surface area contributed by atoms with Gasteiger partial charge in [0.1, 0.15) is 0 Å². The molecule has 0 spiro atoms. The maximum Gasteiger partial charge on any atom is 0.296 e. The van der Waals surface area contributed by atoms with E-state index in [0.717, 1.165) is 21.7 Å². The van der Waals surface area contributed by atoms with Crippen molar-refractivity contribution in [2.75, 3.05) is 4.90 Å². The third kappa shape index (κ3) is 3.38. The van der Waals surface area contributed by atoms with Crippen molar-refractivity contribution in [2.45, 2.75) is 39.7 Å². The van der Waals surface area contributed by atoms with Gasteiger partial charge in [0.25, 0.3) is 5.91 Å². The molecule has 1 aliphatic rings. The molecule has 1 atom stereocenters. The number of carbonyl (C=O) groups is 2. The monoisotopic (exact) mass is 438 g/mol. The lowest BCUT2D eigenvalue weighted by atomic mass is 9.93. The van der Waals surface area contributed by atoms with E-state index in [2.05, 4.69) is 18.8 Å². The predicted octanol–water partition coefficient (Wildman–Crippen LogP) is 5.73. The van der Waals surface area contributed by atoms with E-state index in [4.69, 9.17) is 0 Å². The summed E-state index contributed by atoms with van der Waals surface area (Å²) in [6.45, 7) is 8.04. The van der Waals surface area contributed by atoms with Crippen LogP contribution in [0, 0.1) is 13.8 Å². The lowest BCUT2D eigenvalue weighted by Crippen LogP contribution is -2.31. The van der Waals surface area contributed by atoms with Crippen LogP contribution in [0.25, 0.3) is 0 Å². The molecular weight excluding hydrogens is 416 g/mol. The van der Waals surface area contributed by atoms with Crippen molar-refractivity contribution < 1.29 is 14.7 Å². The molecule has 0 radical (unpaired) electrons. The second-order valence-corrected chi connectivity index (χ2v) is 9.74. The van der Waals surface area contributed by atoms with Gasteiger partial charge in [0, 0.05) is 4.88 Å². The van der Waals surface area contributed by atoms with Gasteiger partial charge in [-0.05, 0) is 42.3 Å². The Morgan fingerprint density at radius 1 is 1.17 bits per heavy atom. The smallest absolute Gasteiger partial charge is 0.296 e. The molecule has 0 aliphatic carbocycles. The Labute approximate surface area is 183 Å². The van der Waals surface area contributed by atoms with Gasteiger partial charge in [0.2, 0.25) is 5.78 Å². The topological polar surface area (TPSA) is 70.5 Å². The van der Waals surface area contributed by atoms with Crippen LogP contribution >= 0.6 is 22.7 Å². The van der Waals surface area contributed by atoms with Crippen molar-refractivity contribution in [1.82, 2.24) is 4.98 Å². The van der Waals surface area contributed by atoms with E-state index in [-0.39, 0.29) is 11.4 Å². The first-order valence-electron chi connectivity index (χ1n) is 9.68. The highest BCUT2D eigenvalue weighted by Crippen LogP contribution is 2.44. The number of rotatable bonds is 5. The number of thiazole rings is 1. The molecule has 2 aromatic heterocycles. The van der Waals surface area contributed by atoms with Gasteiger partial charge in [-0.25, -0.2) is 4.98 Å². The third-order valence-electron chi connectivity index (χ3n) is 5.34. The number of thiophene rings is 1. The molecule has 4 rings (SSSR count). The second kappa shape index (κ2) is 7.81. The van der Waals surface area contributed by atoms with Crippen molar-refractivity contribution in [3.63, 3.8) is 0 Å². The number of Topliss-reactive ketones (excluding diaryl/α,β-unsaturated/α-hetero) is 1. The quantitative estimate of drug-likeness (QED) is 0.517. The minimum absolute atomic E-state index is 0.102. The first kappa shape index (κ1) is 20.5. The molecular formula is C23H22N2O3S2. The van der Waals surface area contributed by atoms with Crippen LogP contribution in [0.5, 0.6) is 0 Å². The molecule has 154 valence electrons. The fourth-order valence-corrected chi connectivity index (χ4v) is 5.13. The Hall–Kier alpha value is -2.77. The Morgan fingerprint density at radius 2 is 1.87 bits per heavy atom. The summed E-state index contributed by atoms with van der Waals surface area (Å²) in [7, 11) is 0. The Balaban J connectivity index is 1.87. The van der Waals surface area contributed by atoms with Gasteiger partial charge in [-0.3, -0.25) is 14.5 Å². The Morgan fingerprint density at radius 3 is 2.40 bits per heavy atom. The van der Waals surface area contributed by atoms with Crippen LogP contribution in [-0.2, 0) is 4.79 Å². The third-order valence-corrected chi connectivity index (χ3v) is 7.28. The highest BCUT2D eigenvalue weighted by molar-refractivity contribution is 7.16. The molecule has 1 amide bonds. The van der Waals surface area contributed by atoms with Gasteiger partial charge in [0.05, 0.1) is 22.2 Å². The lowest BCUT2D eigenvalue weighted by molar-refractivity contribution is -0.117. The Kier molecular flexibility index (Phi) is 5.34. The molecule has 3 aromatic rings. The predicted molar refractivity (Wildman–Crippen MR) is 121 cm³/mol. The highest BCUT2D eigenvalue weighted by Gasteiger charge is 2.46. The second-order valence-electron chi connectivity index (χ2n) is 7.61. The molecule has 7 heteroatoms. The summed E-state index contributed by atoms with van der Waals surface area (Å²) in [6, 6.07) is 10.6. The van der Waals surface area contributed by atoms with E-state index < -0.39 is 17.7 Å². The molecule has 1 aromatic carbocycles. The summed E-state index contributed by atoms with van der Waals surface area (Å²) >= 11 is 2.67. The van der Waals surface area contributed by atoms with Gasteiger partial charge in [-0.2, -0.15) is 0 Å². The number of aryl methyl sites for hydroxylation is 2. The van der Waals surface area contributed by atoms with Crippen LogP contribution in [-0.4, -0.2) is 21.8 Å². The minimum atomic E-state index is -0.724. The number of carbonyl (C=O) groups excluding carboxylic acids is 2. The lowest BCUT2D eigenvalue weighted by Gasteiger charge is -2.24. The number of benzene rings is 1. The maximum absolute atomic E-state index is 13.3. The SMILES string of the molecule is Cc1nc(N2C(=O)C(O)=C(C(=O)c3cccs3)[C@H]2c2ccc(C(C)C)cc2)sc1C. The van der Waals surface area contributed by atoms with Crippen LogP contribution in [0.1, 0.15) is 57.2 Å². The standard InChI is InChI=1S/C23H22N2O3S2/c1-12(2)15-7-9-16(10-8-15)19-18(20(26)17-6-5-11-29-17)21(27)22(28)25(19)23-24-13(3)14(4)30-23/h5-12,19,27H,1-4H3/t19-/m1/s1. The molecule has 5 nitrogen and oxygen atoms in total. The molecule has 0 saturated carbocycles. The summed E-state index contributed by atoms with van der Waals surface area (Å²) < 4.78 is 0. The number of nitrogens with zero attached hydrogens (tertiary/aromatic N) is 2. The fraction of sp³-hybridized carbons (Fsp3) is 0.261. The molecule has 1 N–H and O–H groups in total. The van der Waals surface area contributed by atoms with Gasteiger partial charge in [-0.15, -0.1) is 22.7 Å². The zero-order valence-corrected chi connectivity index (χ0v) is 18.8. The number of aromatic nitrogens is 1. The zero-order valence-electron chi connectivity index (χ0n) is 17.2. The normalized spacial score (nSPS) is 16.8. The summed E-state index contributed by atoms with van der Waals surface area (Å²) in [5, 5.41) is 13.0. The molecule has 3 heterocycles. The van der Waals surface area contributed by atoms with Crippen LogP contribution in [0.3, 0.4) is 0 Å². The van der Waals surface area contributed by atoms with Gasteiger partial charge in [0.15, 0.2) is 10.9 Å². The summed E-state index contributed by atoms with van der Waals surface area (Å²) in [5.41, 5.74) is 2.86. The van der Waals surface area contributed by atoms with Crippen LogP contribution in [0.4, 0.5) is 5.13 Å². The number of hydrogen-bond donors (Lipinski definition) is 1. The average molecular weight is 439 g/mol. The number of aliphatic hydroxyl groups excluding tert-OH is 1. The maximum atomic E-state index is 13.3. The van der Waals surface area contributed by atoms with E-state index in [0.29, 0.717) is 15.9 Å². The molecule has 0 bridgehead atoms. The highest BCUT2D eigenvalue weighted by atomic mass is 32.1. The largest absolute Gasteiger partial charge is 0.503 e. The van der Waals surface area contributed by atoms with Crippen LogP contribution in [0.15, 0.2) is 53.1 Å². The molecule has 0 saturated heterocycles. The Bertz CT molecular complexity index is 1120. The molecule has 30 heavy (non-hydrogen) atoms. The summed E-state index contributed by atoms with van der Waals surface area (Å²) in [5.74, 6) is -1.07. The number of aliphatic hydroxyl groups is 1. The van der Waals surface area contributed by atoms with E-state index in [1.165, 1.54) is 27.6 Å². The van der Waals surface area contributed by atoms with Gasteiger partial charge in [-0.1, -0.05) is 44.2 Å².